The minimum Gasteiger partial charge on any atom is -0.320 e. The van der Waals surface area contributed by atoms with Crippen molar-refractivity contribution in [3.05, 3.63) is 11.4 Å². The van der Waals surface area contributed by atoms with E-state index >= 15 is 0 Å². The summed E-state index contributed by atoms with van der Waals surface area (Å²) in [4.78, 5) is 2.75. The van der Waals surface area contributed by atoms with Crippen LogP contribution in [0.5, 0.6) is 0 Å². The topological polar surface area (TPSA) is 4.36 Å². The average Bonchev–Trinajstić information content (AvgIpc) is 2.53. The third-order valence-electron chi connectivity index (χ3n) is 0. The predicted molar refractivity (Wildman–Crippen MR) is 92.0 cm³/mol. The number of hydrogen-bond donors (Lipinski definition) is 0. The van der Waals surface area contributed by atoms with Crippen molar-refractivity contribution in [2.24, 2.45) is 0 Å². The fourth-order valence-electron chi connectivity index (χ4n) is 0. The minimum atomic E-state index is 0. The summed E-state index contributed by atoms with van der Waals surface area (Å²) in [5.41, 5.74) is 0. The van der Waals surface area contributed by atoms with Gasteiger partial charge in [-0.2, -0.15) is 0 Å². The Kier molecular flexibility index (Phi) is 13600. The van der Waals surface area contributed by atoms with Crippen LogP contribution in [-0.4, -0.2) is 7.05 Å². The fourth-order valence-corrected chi connectivity index (χ4v) is 0. The van der Waals surface area contributed by atoms with Crippen molar-refractivity contribution in [2.45, 2.75) is 96.9 Å². The Balaban J connectivity index is -0.00000000734. The zero-order valence-corrected chi connectivity index (χ0v) is 17.8. The molecule has 0 aliphatic carbocycles. The summed E-state index contributed by atoms with van der Waals surface area (Å²) in [6.45, 7) is 33.8. The predicted octanol–water partition coefficient (Wildman–Crippen LogP) is 7.72. The third kappa shape index (κ3) is 660000. The van der Waals surface area contributed by atoms with E-state index < -0.39 is 0 Å². The molecule has 119 valence electrons. The molecular formula is C16H45NV. The van der Waals surface area contributed by atoms with E-state index in [2.05, 4.69) is 4.85 Å². The molecule has 0 aromatic rings. The first-order valence-electron chi connectivity index (χ1n) is 7.67. The van der Waals surface area contributed by atoms with Crippen LogP contribution < -0.4 is 0 Å². The van der Waals surface area contributed by atoms with Crippen molar-refractivity contribution in [3.8, 4) is 0 Å². The second-order valence-corrected chi connectivity index (χ2v) is 0.224. The van der Waals surface area contributed by atoms with E-state index in [1.807, 2.05) is 96.9 Å². The summed E-state index contributed by atoms with van der Waals surface area (Å²) in [6.07, 6.45) is 0. The Morgan fingerprint density at radius 1 is 0.444 bits per heavy atom. The zero-order valence-electron chi connectivity index (χ0n) is 16.4. The second kappa shape index (κ2) is 3820. The first-order valence-corrected chi connectivity index (χ1v) is 7.67. The molecule has 0 aromatic heterocycles. The molecule has 0 N–H and O–H groups in total. The zero-order chi connectivity index (χ0) is 16.7. The molecule has 0 amide bonds. The first-order chi connectivity index (χ1) is 8.41. The molecule has 0 saturated heterocycles. The van der Waals surface area contributed by atoms with E-state index in [4.69, 9.17) is 6.57 Å². The molecule has 2 heteroatoms. The Morgan fingerprint density at radius 3 is 0.444 bits per heavy atom. The number of nitrogens with zero attached hydrogens (tertiary/aromatic N) is 1. The first kappa shape index (κ1) is 64.0. The summed E-state index contributed by atoms with van der Waals surface area (Å²) < 4.78 is 0. The van der Waals surface area contributed by atoms with Crippen molar-refractivity contribution in [2.75, 3.05) is 7.05 Å². The molecule has 1 radical (unpaired) electrons. The van der Waals surface area contributed by atoms with Gasteiger partial charge >= 0.3 is 0 Å². The SMILES string of the molecule is CC.CC.CC.CC.CC.CC.CC.[C-]#[N+]C.[V]. The summed E-state index contributed by atoms with van der Waals surface area (Å²) in [6, 6.07) is 0. The van der Waals surface area contributed by atoms with Crippen LogP contribution in [0.2, 0.25) is 0 Å². The Hall–Kier alpha value is 0.0744. The van der Waals surface area contributed by atoms with E-state index in [9.17, 15) is 0 Å². The van der Waals surface area contributed by atoms with Gasteiger partial charge in [0, 0.05) is 18.6 Å². The van der Waals surface area contributed by atoms with Gasteiger partial charge in [0.2, 0.25) is 7.05 Å². The molecule has 0 aliphatic heterocycles. The summed E-state index contributed by atoms with van der Waals surface area (Å²) >= 11 is 0. The van der Waals surface area contributed by atoms with Gasteiger partial charge in [-0.1, -0.05) is 96.9 Å². The molecule has 0 unspecified atom stereocenters. The van der Waals surface area contributed by atoms with Gasteiger partial charge in [-0.25, -0.2) is 6.57 Å². The van der Waals surface area contributed by atoms with Gasteiger partial charge in [-0.3, -0.25) is 0 Å². The van der Waals surface area contributed by atoms with E-state index in [0.29, 0.717) is 0 Å². The van der Waals surface area contributed by atoms with Crippen LogP contribution in [0.1, 0.15) is 96.9 Å². The van der Waals surface area contributed by atoms with Gasteiger partial charge in [0.15, 0.2) is 0 Å². The third-order valence-corrected chi connectivity index (χ3v) is 0. The van der Waals surface area contributed by atoms with E-state index in [0.717, 1.165) is 0 Å². The molecule has 0 saturated carbocycles. The van der Waals surface area contributed by atoms with Gasteiger partial charge in [-0.15, -0.1) is 0 Å². The fraction of sp³-hybridized carbons (Fsp3) is 0.938. The smallest absolute Gasteiger partial charge is 0.205 e. The van der Waals surface area contributed by atoms with Crippen LogP contribution in [0.15, 0.2) is 0 Å². The molecule has 0 spiro atoms. The van der Waals surface area contributed by atoms with Crippen molar-refractivity contribution >= 4 is 0 Å². The second-order valence-electron chi connectivity index (χ2n) is 0.224. The molecule has 0 bridgehead atoms. The molecule has 0 atom stereocenters. The Bertz CT molecular complexity index is 32.6. The van der Waals surface area contributed by atoms with Crippen LogP contribution in [0.3, 0.4) is 0 Å². The van der Waals surface area contributed by atoms with Gasteiger partial charge in [-0.05, 0) is 0 Å². The molecule has 0 heterocycles. The van der Waals surface area contributed by atoms with Crippen LogP contribution in [-0.2, 0) is 18.6 Å². The minimum absolute atomic E-state index is 0. The molecule has 0 rings (SSSR count). The molecule has 0 aromatic carbocycles. The van der Waals surface area contributed by atoms with Gasteiger partial charge in [0.25, 0.3) is 0 Å². The summed E-state index contributed by atoms with van der Waals surface area (Å²) in [7, 11) is 1.42. The van der Waals surface area contributed by atoms with E-state index in [1.165, 1.54) is 7.05 Å². The monoisotopic (exact) mass is 302 g/mol. The maximum absolute atomic E-state index is 5.83. The van der Waals surface area contributed by atoms with Crippen molar-refractivity contribution in [1.29, 1.82) is 0 Å². The van der Waals surface area contributed by atoms with Crippen molar-refractivity contribution < 1.29 is 18.6 Å². The van der Waals surface area contributed by atoms with Gasteiger partial charge < -0.3 is 4.85 Å². The Morgan fingerprint density at radius 2 is 0.444 bits per heavy atom. The van der Waals surface area contributed by atoms with Crippen molar-refractivity contribution in [1.82, 2.24) is 0 Å². The quantitative estimate of drug-likeness (QED) is 0.403. The Labute approximate surface area is 134 Å². The summed E-state index contributed by atoms with van der Waals surface area (Å²) in [5, 5.41) is 0. The molecule has 18 heavy (non-hydrogen) atoms. The molecule has 0 fully saturated rings. The normalized spacial score (nSPS) is 2.78. The van der Waals surface area contributed by atoms with Crippen molar-refractivity contribution in [3.63, 3.8) is 0 Å². The molecule has 1 nitrogen and oxygen atoms in total. The van der Waals surface area contributed by atoms with Crippen LogP contribution >= 0.6 is 0 Å². The number of rotatable bonds is 0. The maximum atomic E-state index is 5.83. The van der Waals surface area contributed by atoms with Gasteiger partial charge in [0.05, 0.1) is 0 Å². The van der Waals surface area contributed by atoms with Gasteiger partial charge in [0.1, 0.15) is 0 Å². The molecule has 0 aliphatic rings. The largest absolute Gasteiger partial charge is 0.320 e. The van der Waals surface area contributed by atoms with E-state index in [1.54, 1.807) is 0 Å². The number of hydrogen-bond acceptors (Lipinski definition) is 0. The maximum Gasteiger partial charge on any atom is 0.205 e. The van der Waals surface area contributed by atoms with Crippen LogP contribution in [0.25, 0.3) is 4.85 Å². The van der Waals surface area contributed by atoms with Crippen LogP contribution in [0, 0.1) is 6.57 Å². The van der Waals surface area contributed by atoms with Crippen LogP contribution in [0.4, 0.5) is 0 Å². The standard InChI is InChI=1S/C2H3N.7C2H6.V/c1-3-2;7*1-2;/h1H3;7*1-2H3;. The van der Waals surface area contributed by atoms with E-state index in [-0.39, 0.29) is 18.6 Å². The molecular weight excluding hydrogens is 257 g/mol. The summed E-state index contributed by atoms with van der Waals surface area (Å²) in [5.74, 6) is 0. The average molecular weight is 302 g/mol.